The molecule has 0 aliphatic carbocycles. The van der Waals surface area contributed by atoms with E-state index in [0.29, 0.717) is 15.7 Å². The fourth-order valence-corrected chi connectivity index (χ4v) is 2.95. The lowest BCUT2D eigenvalue weighted by atomic mass is 10.2. The molecule has 3 aromatic rings. The minimum atomic E-state index is -4.51. The van der Waals surface area contributed by atoms with E-state index in [9.17, 15) is 13.2 Å². The Morgan fingerprint density at radius 2 is 2.05 bits per heavy atom. The molecule has 0 amide bonds. The molecule has 3 rings (SSSR count). The van der Waals surface area contributed by atoms with Crippen molar-refractivity contribution in [3.8, 4) is 10.7 Å². The number of aromatic nitrogens is 4. The van der Waals surface area contributed by atoms with Crippen molar-refractivity contribution in [2.45, 2.75) is 13.1 Å². The van der Waals surface area contributed by atoms with Crippen molar-refractivity contribution in [2.24, 2.45) is 0 Å². The van der Waals surface area contributed by atoms with Gasteiger partial charge in [-0.1, -0.05) is 22.9 Å². The van der Waals surface area contributed by atoms with Gasteiger partial charge < -0.3 is 5.73 Å². The van der Waals surface area contributed by atoms with E-state index in [1.807, 2.05) is 0 Å². The van der Waals surface area contributed by atoms with Crippen LogP contribution < -0.4 is 5.73 Å². The number of hydrogen-bond donors (Lipinski definition) is 1. The molecule has 0 saturated heterocycles. The smallest absolute Gasteiger partial charge is 0.375 e. The first-order valence-corrected chi connectivity index (χ1v) is 6.81. The summed E-state index contributed by atoms with van der Waals surface area (Å²) in [7, 11) is 0. The highest BCUT2D eigenvalue weighted by Gasteiger charge is 2.32. The number of fused-ring (bicyclic) bond motifs is 1. The van der Waals surface area contributed by atoms with E-state index in [1.54, 1.807) is 6.92 Å². The van der Waals surface area contributed by atoms with Gasteiger partial charge in [-0.15, -0.1) is 10.2 Å². The van der Waals surface area contributed by atoms with E-state index >= 15 is 0 Å². The van der Waals surface area contributed by atoms with E-state index in [2.05, 4.69) is 15.2 Å². The summed E-state index contributed by atoms with van der Waals surface area (Å²) >= 11 is 6.98. The second-order valence-electron chi connectivity index (χ2n) is 4.26. The maximum absolute atomic E-state index is 12.9. The Hall–Kier alpha value is -1.87. The molecule has 10 heteroatoms. The van der Waals surface area contributed by atoms with Gasteiger partial charge >= 0.3 is 6.18 Å². The second-order valence-corrected chi connectivity index (χ2v) is 5.70. The summed E-state index contributed by atoms with van der Waals surface area (Å²) in [5.41, 5.74) is 5.44. The Bertz CT molecular complexity index is 838. The Labute approximate surface area is 125 Å². The monoisotopic (exact) mass is 333 g/mol. The van der Waals surface area contributed by atoms with Gasteiger partial charge in [-0.25, -0.2) is 4.98 Å². The number of hydrogen-bond acceptors (Lipinski definition) is 5. The van der Waals surface area contributed by atoms with Crippen molar-refractivity contribution in [1.82, 2.24) is 19.6 Å². The van der Waals surface area contributed by atoms with Crippen LogP contribution in [0.25, 0.3) is 16.3 Å². The molecular weight excluding hydrogens is 327 g/mol. The Morgan fingerprint density at radius 3 is 2.62 bits per heavy atom. The minimum absolute atomic E-state index is 0.126. The van der Waals surface area contributed by atoms with Gasteiger partial charge in [0.2, 0.25) is 0 Å². The first-order chi connectivity index (χ1) is 9.77. The van der Waals surface area contributed by atoms with Crippen LogP contribution in [0.4, 0.5) is 18.3 Å². The fraction of sp³-hybridized carbons (Fsp3) is 0.182. The number of alkyl halides is 3. The minimum Gasteiger partial charge on any atom is -0.375 e. The van der Waals surface area contributed by atoms with E-state index in [1.165, 1.54) is 4.40 Å². The number of halogens is 4. The quantitative estimate of drug-likeness (QED) is 0.741. The molecule has 0 radical (unpaired) electrons. The van der Waals surface area contributed by atoms with Crippen molar-refractivity contribution in [1.29, 1.82) is 0 Å². The van der Waals surface area contributed by atoms with E-state index in [-0.39, 0.29) is 16.5 Å². The number of anilines is 1. The predicted octanol–water partition coefficient (Wildman–Crippen LogP) is 3.42. The highest BCUT2D eigenvalue weighted by molar-refractivity contribution is 7.18. The molecule has 0 bridgehead atoms. The zero-order valence-electron chi connectivity index (χ0n) is 10.4. The molecule has 2 N–H and O–H groups in total. The van der Waals surface area contributed by atoms with Crippen molar-refractivity contribution in [3.05, 3.63) is 28.5 Å². The molecule has 0 aliphatic heterocycles. The summed E-state index contributed by atoms with van der Waals surface area (Å²) in [5, 5.41) is 7.90. The zero-order valence-corrected chi connectivity index (χ0v) is 12.0. The van der Waals surface area contributed by atoms with Crippen LogP contribution in [0.2, 0.25) is 5.02 Å². The summed E-state index contributed by atoms with van der Waals surface area (Å²) in [6, 6.07) is 0.823. The van der Waals surface area contributed by atoms with E-state index < -0.39 is 11.7 Å². The lowest BCUT2D eigenvalue weighted by Gasteiger charge is -2.08. The summed E-state index contributed by atoms with van der Waals surface area (Å²) in [5.74, 6) is 0.227. The second kappa shape index (κ2) is 4.57. The molecule has 0 aliphatic rings. The van der Waals surface area contributed by atoms with Crippen LogP contribution in [-0.2, 0) is 6.18 Å². The van der Waals surface area contributed by atoms with Crippen molar-refractivity contribution >= 4 is 33.7 Å². The molecule has 110 valence electrons. The van der Waals surface area contributed by atoms with E-state index in [4.69, 9.17) is 17.3 Å². The number of thiazole rings is 1. The van der Waals surface area contributed by atoms with Crippen molar-refractivity contribution < 1.29 is 13.2 Å². The van der Waals surface area contributed by atoms with Gasteiger partial charge in [-0.3, -0.25) is 4.40 Å². The Kier molecular flexibility index (Phi) is 3.06. The third-order valence-corrected chi connectivity index (χ3v) is 4.06. The Morgan fingerprint density at radius 1 is 1.33 bits per heavy atom. The maximum atomic E-state index is 12.9. The van der Waals surface area contributed by atoms with Crippen LogP contribution in [0.5, 0.6) is 0 Å². The highest BCUT2D eigenvalue weighted by Crippen LogP contribution is 2.35. The molecule has 0 aromatic carbocycles. The fourth-order valence-electron chi connectivity index (χ4n) is 1.89. The van der Waals surface area contributed by atoms with Crippen LogP contribution >= 0.6 is 22.9 Å². The number of nitrogens with two attached hydrogens (primary N) is 1. The Balaban J connectivity index is 2.30. The van der Waals surface area contributed by atoms with Gasteiger partial charge in [0.1, 0.15) is 0 Å². The van der Waals surface area contributed by atoms with Gasteiger partial charge in [-0.05, 0) is 13.0 Å². The van der Waals surface area contributed by atoms with Gasteiger partial charge in [-0.2, -0.15) is 13.2 Å². The van der Waals surface area contributed by atoms with Crippen LogP contribution in [-0.4, -0.2) is 19.6 Å². The van der Waals surface area contributed by atoms with Crippen LogP contribution in [0, 0.1) is 6.92 Å². The number of pyridine rings is 1. The van der Waals surface area contributed by atoms with Gasteiger partial charge in [0.05, 0.1) is 21.2 Å². The van der Waals surface area contributed by atoms with Gasteiger partial charge in [0.25, 0.3) is 0 Å². The summed E-state index contributed by atoms with van der Waals surface area (Å²) < 4.78 is 39.8. The standard InChI is InChI=1S/C11H7ClF3N5S/c1-4-7(21-10(16)17-4)9-19-18-8-6(12)2-5(3-20(8)9)11(13,14)15/h2-3H,1H3,(H2,16,17). The first-order valence-electron chi connectivity index (χ1n) is 5.62. The lowest BCUT2D eigenvalue weighted by Crippen LogP contribution is -2.07. The van der Waals surface area contributed by atoms with Crippen LogP contribution in [0.1, 0.15) is 11.3 Å². The summed E-state index contributed by atoms with van der Waals surface area (Å²) in [6.07, 6.45) is -3.60. The molecule has 0 fully saturated rings. The van der Waals surface area contributed by atoms with Crippen molar-refractivity contribution in [2.75, 3.05) is 5.73 Å². The third kappa shape index (κ3) is 2.32. The largest absolute Gasteiger partial charge is 0.417 e. The van der Waals surface area contributed by atoms with Crippen molar-refractivity contribution in [3.63, 3.8) is 0 Å². The number of rotatable bonds is 1. The average Bonchev–Trinajstić information content (AvgIpc) is 2.91. The summed E-state index contributed by atoms with van der Waals surface area (Å²) in [4.78, 5) is 4.58. The number of aryl methyl sites for hydroxylation is 1. The molecule has 0 unspecified atom stereocenters. The molecule has 5 nitrogen and oxygen atoms in total. The molecule has 21 heavy (non-hydrogen) atoms. The highest BCUT2D eigenvalue weighted by atomic mass is 35.5. The van der Waals surface area contributed by atoms with Crippen LogP contribution in [0.15, 0.2) is 12.3 Å². The van der Waals surface area contributed by atoms with Gasteiger partial charge in [0, 0.05) is 6.20 Å². The zero-order chi connectivity index (χ0) is 15.4. The third-order valence-electron chi connectivity index (χ3n) is 2.80. The van der Waals surface area contributed by atoms with Crippen LogP contribution in [0.3, 0.4) is 0 Å². The molecule has 0 spiro atoms. The molecule has 0 saturated carbocycles. The number of nitrogens with zero attached hydrogens (tertiary/aromatic N) is 4. The predicted molar refractivity (Wildman–Crippen MR) is 73.3 cm³/mol. The van der Waals surface area contributed by atoms with E-state index in [0.717, 1.165) is 23.6 Å². The lowest BCUT2D eigenvalue weighted by molar-refractivity contribution is -0.137. The molecule has 3 heterocycles. The molecule has 3 aromatic heterocycles. The molecular formula is C11H7ClF3N5S. The average molecular weight is 334 g/mol. The normalized spacial score (nSPS) is 12.2. The van der Waals surface area contributed by atoms with Gasteiger partial charge in [0.15, 0.2) is 16.6 Å². The SMILES string of the molecule is Cc1nc(N)sc1-c1nnc2c(Cl)cc(C(F)(F)F)cn12. The first kappa shape index (κ1) is 14.1. The summed E-state index contributed by atoms with van der Waals surface area (Å²) in [6.45, 7) is 1.69. The maximum Gasteiger partial charge on any atom is 0.417 e. The molecule has 0 atom stereocenters. The topological polar surface area (TPSA) is 69.1 Å². The number of nitrogen functional groups attached to an aromatic ring is 1.